The molecule has 7 aromatic carbocycles. The van der Waals surface area contributed by atoms with Crippen molar-refractivity contribution in [3.05, 3.63) is 180 Å². The van der Waals surface area contributed by atoms with E-state index in [4.69, 9.17) is 0 Å². The molecule has 0 amide bonds. The van der Waals surface area contributed by atoms with Crippen LogP contribution in [-0.4, -0.2) is 9.13 Å². The Labute approximate surface area is 305 Å². The van der Waals surface area contributed by atoms with Crippen LogP contribution in [0, 0.1) is 0 Å². The van der Waals surface area contributed by atoms with Crippen molar-refractivity contribution >= 4 is 43.6 Å². The molecule has 1 saturated carbocycles. The number of benzene rings is 7. The Morgan fingerprint density at radius 1 is 0.519 bits per heavy atom. The van der Waals surface area contributed by atoms with E-state index in [9.17, 15) is 0 Å². The molecule has 11 rings (SSSR count). The first-order valence-corrected chi connectivity index (χ1v) is 18.9. The minimum absolute atomic E-state index is 0.151. The molecule has 2 aromatic heterocycles. The minimum atomic E-state index is 0.151. The number of hydrogen-bond acceptors (Lipinski definition) is 0. The number of aromatic nitrogens is 2. The van der Waals surface area contributed by atoms with Crippen LogP contribution in [0.3, 0.4) is 0 Å². The largest absolute Gasteiger partial charge is 0.309 e. The summed E-state index contributed by atoms with van der Waals surface area (Å²) in [6.07, 6.45) is 3.73. The Hall–Kier alpha value is -5.86. The third-order valence-corrected chi connectivity index (χ3v) is 11.7. The smallest absolute Gasteiger partial charge is 0.0641 e. The molecular formula is C50H42N2. The number of hydrogen-bond donors (Lipinski definition) is 0. The molecule has 252 valence electrons. The van der Waals surface area contributed by atoms with Crippen molar-refractivity contribution in [2.24, 2.45) is 0 Å². The van der Waals surface area contributed by atoms with Crippen molar-refractivity contribution in [1.29, 1.82) is 0 Å². The molecule has 2 aliphatic rings. The molecule has 2 aliphatic carbocycles. The molecule has 0 saturated heterocycles. The van der Waals surface area contributed by atoms with Crippen molar-refractivity contribution in [2.45, 2.75) is 51.4 Å². The average molecular weight is 671 g/mol. The van der Waals surface area contributed by atoms with Crippen LogP contribution in [0.4, 0.5) is 0 Å². The molecule has 0 aliphatic heterocycles. The summed E-state index contributed by atoms with van der Waals surface area (Å²) in [7, 11) is 0. The van der Waals surface area contributed by atoms with Crippen molar-refractivity contribution in [1.82, 2.24) is 9.13 Å². The minimum Gasteiger partial charge on any atom is -0.309 e. The van der Waals surface area contributed by atoms with Crippen LogP contribution in [0.1, 0.15) is 61.8 Å². The molecule has 0 spiro atoms. The number of aryl methyl sites for hydroxylation is 1. The summed E-state index contributed by atoms with van der Waals surface area (Å²) in [5, 5.41) is 5.22. The second-order valence-corrected chi connectivity index (χ2v) is 15.2. The number of fused-ring (bicyclic) bond motifs is 10. The van der Waals surface area contributed by atoms with Crippen LogP contribution in [0.15, 0.2) is 158 Å². The Bertz CT molecular complexity index is 2810. The SMILES string of the molecule is CCc1ccc2c(c1)-c1ccccc1C2(C)C.c1ccc(-n2c3ccccc3c3c2ccc2c4ccccc4n(-c4cccc(C5CC5)c4)c23)cc1. The van der Waals surface area contributed by atoms with E-state index in [1.807, 2.05) is 0 Å². The van der Waals surface area contributed by atoms with Crippen LogP contribution >= 0.6 is 0 Å². The zero-order valence-electron chi connectivity index (χ0n) is 30.1. The third kappa shape index (κ3) is 4.70. The molecule has 0 radical (unpaired) electrons. The van der Waals surface area contributed by atoms with Gasteiger partial charge in [0.05, 0.1) is 22.1 Å². The van der Waals surface area contributed by atoms with Gasteiger partial charge in [-0.3, -0.25) is 0 Å². The standard InChI is InChI=1S/C33H24N2.C17H18/c1-2-10-24(11-3-1)34-30-16-7-5-14-28(30)32-31(34)20-19-27-26-13-4-6-15-29(26)35(33(27)32)25-12-8-9-23(21-25)22-17-18-22;1-4-12-9-10-16-14(11-12)13-7-5-6-8-15(13)17(16,2)3/h1-16,19-22H,17-18H2;5-11H,4H2,1-3H3. The molecule has 2 heterocycles. The van der Waals surface area contributed by atoms with Gasteiger partial charge in [-0.15, -0.1) is 0 Å². The summed E-state index contributed by atoms with van der Waals surface area (Å²) < 4.78 is 4.91. The maximum Gasteiger partial charge on any atom is 0.0641 e. The summed E-state index contributed by atoms with van der Waals surface area (Å²) in [6.45, 7) is 6.86. The molecule has 9 aromatic rings. The number of rotatable bonds is 4. The lowest BCUT2D eigenvalue weighted by Gasteiger charge is -2.21. The van der Waals surface area contributed by atoms with Gasteiger partial charge in [-0.25, -0.2) is 0 Å². The first kappa shape index (κ1) is 30.9. The van der Waals surface area contributed by atoms with Crippen molar-refractivity contribution in [3.63, 3.8) is 0 Å². The highest BCUT2D eigenvalue weighted by atomic mass is 15.0. The quantitative estimate of drug-likeness (QED) is 0.176. The van der Waals surface area contributed by atoms with Crippen molar-refractivity contribution in [3.8, 4) is 22.5 Å². The first-order chi connectivity index (χ1) is 25.5. The highest BCUT2D eigenvalue weighted by Gasteiger charge is 2.34. The summed E-state index contributed by atoms with van der Waals surface area (Å²) in [6, 6.07) is 58.0. The van der Waals surface area contributed by atoms with E-state index in [1.165, 1.54) is 101 Å². The fraction of sp³-hybridized carbons (Fsp3) is 0.160. The van der Waals surface area contributed by atoms with Gasteiger partial charge in [-0.05, 0) is 101 Å². The Morgan fingerprint density at radius 3 is 1.98 bits per heavy atom. The van der Waals surface area contributed by atoms with Gasteiger partial charge in [0.1, 0.15) is 0 Å². The highest BCUT2D eigenvalue weighted by molar-refractivity contribution is 6.26. The lowest BCUT2D eigenvalue weighted by Crippen LogP contribution is -2.14. The lowest BCUT2D eigenvalue weighted by atomic mass is 9.82. The van der Waals surface area contributed by atoms with E-state index < -0.39 is 0 Å². The molecule has 2 heteroatoms. The fourth-order valence-electron chi connectivity index (χ4n) is 8.95. The van der Waals surface area contributed by atoms with Crippen LogP contribution in [0.2, 0.25) is 0 Å². The lowest BCUT2D eigenvalue weighted by molar-refractivity contribution is 0.660. The van der Waals surface area contributed by atoms with Crippen LogP contribution in [0.5, 0.6) is 0 Å². The molecule has 52 heavy (non-hydrogen) atoms. The van der Waals surface area contributed by atoms with Gasteiger partial charge in [-0.1, -0.05) is 136 Å². The molecule has 0 bridgehead atoms. The zero-order chi connectivity index (χ0) is 35.0. The monoisotopic (exact) mass is 670 g/mol. The highest BCUT2D eigenvalue weighted by Crippen LogP contribution is 2.49. The van der Waals surface area contributed by atoms with Crippen molar-refractivity contribution in [2.75, 3.05) is 0 Å². The number of para-hydroxylation sites is 3. The third-order valence-electron chi connectivity index (χ3n) is 11.7. The Morgan fingerprint density at radius 2 is 1.19 bits per heavy atom. The van der Waals surface area contributed by atoms with Gasteiger partial charge in [0, 0.05) is 38.3 Å². The van der Waals surface area contributed by atoms with Crippen LogP contribution in [0.25, 0.3) is 66.1 Å². The van der Waals surface area contributed by atoms with E-state index in [0.29, 0.717) is 0 Å². The second-order valence-electron chi connectivity index (χ2n) is 15.2. The fourth-order valence-corrected chi connectivity index (χ4v) is 8.95. The summed E-state index contributed by atoms with van der Waals surface area (Å²) in [5.74, 6) is 0.725. The molecule has 0 unspecified atom stereocenters. The van der Waals surface area contributed by atoms with E-state index in [0.717, 1.165) is 12.3 Å². The Kier molecular flexibility index (Phi) is 7.05. The zero-order valence-corrected chi connectivity index (χ0v) is 30.1. The van der Waals surface area contributed by atoms with Gasteiger partial charge in [0.2, 0.25) is 0 Å². The molecule has 0 N–H and O–H groups in total. The maximum atomic E-state index is 2.50. The first-order valence-electron chi connectivity index (χ1n) is 18.9. The summed E-state index contributed by atoms with van der Waals surface area (Å²) in [5.41, 5.74) is 16.3. The second kappa shape index (κ2) is 11.9. The van der Waals surface area contributed by atoms with E-state index in [2.05, 4.69) is 188 Å². The summed E-state index contributed by atoms with van der Waals surface area (Å²) in [4.78, 5) is 0. The van der Waals surface area contributed by atoms with Crippen LogP contribution in [-0.2, 0) is 11.8 Å². The Balaban J connectivity index is 0.000000167. The van der Waals surface area contributed by atoms with Gasteiger partial charge in [-0.2, -0.15) is 0 Å². The summed E-state index contributed by atoms with van der Waals surface area (Å²) >= 11 is 0. The maximum absolute atomic E-state index is 2.50. The topological polar surface area (TPSA) is 9.86 Å². The van der Waals surface area contributed by atoms with E-state index in [1.54, 1.807) is 0 Å². The predicted octanol–water partition coefficient (Wildman–Crippen LogP) is 13.3. The van der Waals surface area contributed by atoms with Gasteiger partial charge < -0.3 is 9.13 Å². The predicted molar refractivity (Wildman–Crippen MR) is 220 cm³/mol. The normalized spacial score (nSPS) is 14.4. The van der Waals surface area contributed by atoms with Crippen LogP contribution < -0.4 is 0 Å². The number of nitrogens with zero attached hydrogens (tertiary/aromatic N) is 2. The molecule has 2 nitrogen and oxygen atoms in total. The van der Waals surface area contributed by atoms with E-state index >= 15 is 0 Å². The molecule has 1 fully saturated rings. The average Bonchev–Trinajstić information content (AvgIpc) is 3.87. The van der Waals surface area contributed by atoms with E-state index in [-0.39, 0.29) is 5.41 Å². The molecular weight excluding hydrogens is 629 g/mol. The van der Waals surface area contributed by atoms with Gasteiger partial charge >= 0.3 is 0 Å². The van der Waals surface area contributed by atoms with Gasteiger partial charge in [0.15, 0.2) is 0 Å². The van der Waals surface area contributed by atoms with Gasteiger partial charge in [0.25, 0.3) is 0 Å². The molecule has 0 atom stereocenters. The van der Waals surface area contributed by atoms with Crippen molar-refractivity contribution < 1.29 is 0 Å².